The van der Waals surface area contributed by atoms with Crippen molar-refractivity contribution in [2.75, 3.05) is 0 Å². The maximum Gasteiger partial charge on any atom is 0.306 e. The first-order chi connectivity index (χ1) is 18.0. The van der Waals surface area contributed by atoms with Gasteiger partial charge >= 0.3 is 5.97 Å². The molecule has 8 heteroatoms. The standard InChI is InChI=1S/C29H25N3O5/c33-24(16-17-25(34)37-19-20-10-4-1-5-11-20)27-30-18-23(29(36)32-27)28(35)31-26(21-12-6-2-7-13-21)22-14-8-3-9-15-22/h1-15,18,26H,16-17,19H2,(H,31,35)(H,30,32,36). The van der Waals surface area contributed by atoms with Crippen molar-refractivity contribution in [1.29, 1.82) is 0 Å². The molecule has 2 N–H and O–H groups in total. The minimum absolute atomic E-state index is 0.111. The van der Waals surface area contributed by atoms with Crippen LogP contribution < -0.4 is 10.9 Å². The molecule has 0 fully saturated rings. The quantitative estimate of drug-likeness (QED) is 0.254. The molecule has 1 heterocycles. The molecule has 37 heavy (non-hydrogen) atoms. The van der Waals surface area contributed by atoms with Gasteiger partial charge in [0, 0.05) is 12.6 Å². The number of H-pyrrole nitrogens is 1. The number of ketones is 1. The second-order valence-electron chi connectivity index (χ2n) is 8.27. The average Bonchev–Trinajstić information content (AvgIpc) is 2.94. The van der Waals surface area contributed by atoms with E-state index in [2.05, 4.69) is 15.3 Å². The van der Waals surface area contributed by atoms with Gasteiger partial charge in [0.25, 0.3) is 11.5 Å². The van der Waals surface area contributed by atoms with Gasteiger partial charge < -0.3 is 15.0 Å². The lowest BCUT2D eigenvalue weighted by atomic mass is 9.98. The van der Waals surface area contributed by atoms with Crippen molar-refractivity contribution in [3.05, 3.63) is 136 Å². The van der Waals surface area contributed by atoms with Crippen LogP contribution in [-0.4, -0.2) is 27.6 Å². The highest BCUT2D eigenvalue weighted by Crippen LogP contribution is 2.22. The van der Waals surface area contributed by atoms with E-state index in [1.165, 1.54) is 0 Å². The molecule has 0 bridgehead atoms. The number of aromatic amines is 1. The van der Waals surface area contributed by atoms with E-state index in [0.717, 1.165) is 22.9 Å². The van der Waals surface area contributed by atoms with Gasteiger partial charge in [-0.1, -0.05) is 91.0 Å². The second-order valence-corrected chi connectivity index (χ2v) is 8.27. The van der Waals surface area contributed by atoms with Crippen LogP contribution in [0.5, 0.6) is 0 Å². The van der Waals surface area contributed by atoms with E-state index in [0.29, 0.717) is 0 Å². The number of esters is 1. The number of amides is 1. The topological polar surface area (TPSA) is 118 Å². The highest BCUT2D eigenvalue weighted by molar-refractivity contribution is 5.96. The van der Waals surface area contributed by atoms with E-state index in [1.54, 1.807) is 0 Å². The first-order valence-corrected chi connectivity index (χ1v) is 11.7. The number of hydrogen-bond acceptors (Lipinski definition) is 6. The molecule has 3 aromatic carbocycles. The number of Topliss-reactive ketones (excluding diaryl/α,β-unsaturated/α-hetero) is 1. The summed E-state index contributed by atoms with van der Waals surface area (Å²) in [6, 6.07) is 27.4. The van der Waals surface area contributed by atoms with Gasteiger partial charge in [0.05, 0.1) is 12.5 Å². The van der Waals surface area contributed by atoms with Crippen LogP contribution in [0.2, 0.25) is 0 Å². The van der Waals surface area contributed by atoms with Crippen molar-refractivity contribution in [3.63, 3.8) is 0 Å². The Morgan fingerprint density at radius 2 is 1.38 bits per heavy atom. The van der Waals surface area contributed by atoms with E-state index >= 15 is 0 Å². The van der Waals surface area contributed by atoms with Crippen LogP contribution >= 0.6 is 0 Å². The summed E-state index contributed by atoms with van der Waals surface area (Å²) in [5.41, 5.74) is 1.55. The Labute approximate surface area is 213 Å². The minimum Gasteiger partial charge on any atom is -0.461 e. The number of aromatic nitrogens is 2. The van der Waals surface area contributed by atoms with Crippen LogP contribution in [0.4, 0.5) is 0 Å². The number of nitrogens with one attached hydrogen (secondary N) is 2. The monoisotopic (exact) mass is 495 g/mol. The van der Waals surface area contributed by atoms with Gasteiger partial charge in [0.15, 0.2) is 11.6 Å². The first kappa shape index (κ1) is 25.2. The highest BCUT2D eigenvalue weighted by Gasteiger charge is 2.21. The number of ether oxygens (including phenoxy) is 1. The number of nitrogens with zero attached hydrogens (tertiary/aromatic N) is 1. The van der Waals surface area contributed by atoms with Crippen molar-refractivity contribution >= 4 is 17.7 Å². The van der Waals surface area contributed by atoms with Crippen molar-refractivity contribution in [1.82, 2.24) is 15.3 Å². The third kappa shape index (κ3) is 6.85. The molecule has 0 saturated heterocycles. The molecule has 0 aliphatic heterocycles. The highest BCUT2D eigenvalue weighted by atomic mass is 16.5. The molecular weight excluding hydrogens is 470 g/mol. The van der Waals surface area contributed by atoms with Gasteiger partial charge in [-0.2, -0.15) is 0 Å². The van der Waals surface area contributed by atoms with Gasteiger partial charge in [-0.05, 0) is 16.7 Å². The van der Waals surface area contributed by atoms with Crippen molar-refractivity contribution in [2.24, 2.45) is 0 Å². The van der Waals surface area contributed by atoms with Gasteiger partial charge in [-0.25, -0.2) is 4.98 Å². The van der Waals surface area contributed by atoms with Crippen LogP contribution in [0.1, 0.15) is 56.6 Å². The van der Waals surface area contributed by atoms with E-state index in [-0.39, 0.29) is 30.8 Å². The zero-order valence-corrected chi connectivity index (χ0v) is 19.9. The molecular formula is C29H25N3O5. The van der Waals surface area contributed by atoms with Gasteiger partial charge in [-0.15, -0.1) is 0 Å². The molecule has 4 aromatic rings. The van der Waals surface area contributed by atoms with Crippen LogP contribution in [-0.2, 0) is 16.1 Å². The lowest BCUT2D eigenvalue weighted by Crippen LogP contribution is -2.34. The molecule has 0 saturated carbocycles. The van der Waals surface area contributed by atoms with Crippen molar-refractivity contribution < 1.29 is 19.1 Å². The Hall–Kier alpha value is -4.85. The second kappa shape index (κ2) is 12.2. The summed E-state index contributed by atoms with van der Waals surface area (Å²) in [6.45, 7) is 0.111. The predicted molar refractivity (Wildman–Crippen MR) is 137 cm³/mol. The largest absolute Gasteiger partial charge is 0.461 e. The average molecular weight is 496 g/mol. The number of hydrogen-bond donors (Lipinski definition) is 2. The van der Waals surface area contributed by atoms with Crippen LogP contribution in [0.3, 0.4) is 0 Å². The number of carbonyl (C=O) groups is 3. The van der Waals surface area contributed by atoms with Gasteiger partial charge in [0.1, 0.15) is 12.2 Å². The zero-order chi connectivity index (χ0) is 26.0. The molecule has 0 radical (unpaired) electrons. The van der Waals surface area contributed by atoms with E-state index in [4.69, 9.17) is 4.74 Å². The summed E-state index contributed by atoms with van der Waals surface area (Å²) in [6.07, 6.45) is 0.724. The fourth-order valence-electron chi connectivity index (χ4n) is 3.70. The lowest BCUT2D eigenvalue weighted by Gasteiger charge is -2.19. The maximum absolute atomic E-state index is 13.0. The number of rotatable bonds is 10. The Bertz CT molecular complexity index is 1380. The van der Waals surface area contributed by atoms with Crippen molar-refractivity contribution in [3.8, 4) is 0 Å². The smallest absolute Gasteiger partial charge is 0.306 e. The SMILES string of the molecule is O=C(CCC(=O)c1ncc(C(=O)NC(c2ccccc2)c2ccccc2)c(=O)[nH]1)OCc1ccccc1. The molecule has 0 atom stereocenters. The van der Waals surface area contributed by atoms with Crippen LogP contribution in [0, 0.1) is 0 Å². The summed E-state index contributed by atoms with van der Waals surface area (Å²) in [5, 5.41) is 2.88. The first-order valence-electron chi connectivity index (χ1n) is 11.7. The summed E-state index contributed by atoms with van der Waals surface area (Å²) in [7, 11) is 0. The minimum atomic E-state index is -0.748. The lowest BCUT2D eigenvalue weighted by molar-refractivity contribution is -0.144. The van der Waals surface area contributed by atoms with Crippen molar-refractivity contribution in [2.45, 2.75) is 25.5 Å². The van der Waals surface area contributed by atoms with Gasteiger partial charge in [0.2, 0.25) is 0 Å². The summed E-state index contributed by atoms with van der Waals surface area (Å²) < 4.78 is 5.16. The molecule has 8 nitrogen and oxygen atoms in total. The molecule has 0 aliphatic carbocycles. The predicted octanol–water partition coefficient (Wildman–Crippen LogP) is 4.00. The molecule has 186 valence electrons. The summed E-state index contributed by atoms with van der Waals surface area (Å²) in [5.74, 6) is -1.93. The molecule has 1 aromatic heterocycles. The number of carbonyl (C=O) groups excluding carboxylic acids is 3. The Morgan fingerprint density at radius 1 is 0.811 bits per heavy atom. The van der Waals surface area contributed by atoms with Crippen LogP contribution in [0.15, 0.2) is 102 Å². The Morgan fingerprint density at radius 3 is 1.95 bits per heavy atom. The third-order valence-corrected chi connectivity index (χ3v) is 5.65. The summed E-state index contributed by atoms with van der Waals surface area (Å²) >= 11 is 0. The Balaban J connectivity index is 1.39. The summed E-state index contributed by atoms with van der Waals surface area (Å²) in [4.78, 5) is 56.4. The van der Waals surface area contributed by atoms with E-state index < -0.39 is 29.3 Å². The third-order valence-electron chi connectivity index (χ3n) is 5.65. The fraction of sp³-hybridized carbons (Fsp3) is 0.138. The molecule has 1 amide bonds. The molecule has 0 aliphatic rings. The zero-order valence-electron chi connectivity index (χ0n) is 19.9. The van der Waals surface area contributed by atoms with Gasteiger partial charge in [-0.3, -0.25) is 19.2 Å². The molecule has 0 spiro atoms. The Kier molecular flexibility index (Phi) is 8.33. The number of benzene rings is 3. The normalized spacial score (nSPS) is 10.6. The fourth-order valence-corrected chi connectivity index (χ4v) is 3.70. The van der Waals surface area contributed by atoms with E-state index in [9.17, 15) is 19.2 Å². The molecule has 0 unspecified atom stereocenters. The van der Waals surface area contributed by atoms with E-state index in [1.807, 2.05) is 91.0 Å². The van der Waals surface area contributed by atoms with Crippen LogP contribution in [0.25, 0.3) is 0 Å². The maximum atomic E-state index is 13.0. The molecule has 4 rings (SSSR count).